The van der Waals surface area contributed by atoms with E-state index in [9.17, 15) is 9.59 Å². The summed E-state index contributed by atoms with van der Waals surface area (Å²) in [6.07, 6.45) is 0.426. The van der Waals surface area contributed by atoms with Crippen LogP contribution < -0.4 is 10.6 Å². The van der Waals surface area contributed by atoms with Gasteiger partial charge in [-0.25, -0.2) is 0 Å². The predicted molar refractivity (Wildman–Crippen MR) is 90.3 cm³/mol. The summed E-state index contributed by atoms with van der Waals surface area (Å²) in [4.78, 5) is 24.1. The Morgan fingerprint density at radius 1 is 1.17 bits per heavy atom. The van der Waals surface area contributed by atoms with Crippen LogP contribution in [-0.2, 0) is 16.8 Å². The van der Waals surface area contributed by atoms with Crippen LogP contribution in [0.15, 0.2) is 48.5 Å². The molecule has 2 aromatic carbocycles. The van der Waals surface area contributed by atoms with E-state index in [1.165, 1.54) is 0 Å². The van der Waals surface area contributed by atoms with Crippen LogP contribution in [0.1, 0.15) is 41.8 Å². The molecule has 1 aliphatic heterocycles. The van der Waals surface area contributed by atoms with Crippen LogP contribution in [0, 0.1) is 0 Å². The quantitative estimate of drug-likeness (QED) is 0.914. The number of anilines is 1. The van der Waals surface area contributed by atoms with Crippen LogP contribution >= 0.6 is 0 Å². The molecule has 4 heteroatoms. The van der Waals surface area contributed by atoms with Gasteiger partial charge < -0.3 is 10.6 Å². The summed E-state index contributed by atoms with van der Waals surface area (Å²) in [5, 5.41) is 5.80. The molecule has 0 spiro atoms. The highest BCUT2D eigenvalue weighted by atomic mass is 16.2. The van der Waals surface area contributed by atoms with Crippen LogP contribution in [0.2, 0.25) is 0 Å². The first-order chi connectivity index (χ1) is 11.0. The third-order valence-electron chi connectivity index (χ3n) is 4.18. The predicted octanol–water partition coefficient (Wildman–Crippen LogP) is 3.24. The highest BCUT2D eigenvalue weighted by Crippen LogP contribution is 2.37. The van der Waals surface area contributed by atoms with Gasteiger partial charge in [-0.15, -0.1) is 0 Å². The Bertz CT molecular complexity index is 751. The third-order valence-corrected chi connectivity index (χ3v) is 4.18. The van der Waals surface area contributed by atoms with Gasteiger partial charge in [0.05, 0.1) is 0 Å². The molecule has 118 valence electrons. The topological polar surface area (TPSA) is 58.2 Å². The van der Waals surface area contributed by atoms with Crippen LogP contribution in [0.4, 0.5) is 5.69 Å². The minimum atomic E-state index is -0.270. The van der Waals surface area contributed by atoms with Crippen molar-refractivity contribution in [3.63, 3.8) is 0 Å². The van der Waals surface area contributed by atoms with Gasteiger partial charge in [0.25, 0.3) is 5.91 Å². The zero-order valence-electron chi connectivity index (χ0n) is 13.3. The number of benzene rings is 2. The largest absolute Gasteiger partial charge is 0.348 e. The maximum Gasteiger partial charge on any atom is 0.251 e. The molecule has 2 amide bonds. The van der Waals surface area contributed by atoms with E-state index in [1.807, 2.05) is 56.3 Å². The average Bonchev–Trinajstić information content (AvgIpc) is 2.52. The van der Waals surface area contributed by atoms with E-state index in [0.29, 0.717) is 18.5 Å². The molecule has 1 heterocycles. The molecular formula is C19H20N2O2. The molecule has 0 atom stereocenters. The molecule has 3 rings (SSSR count). The zero-order chi connectivity index (χ0) is 16.4. The van der Waals surface area contributed by atoms with Crippen molar-refractivity contribution < 1.29 is 9.59 Å². The second kappa shape index (κ2) is 5.88. The van der Waals surface area contributed by atoms with E-state index in [1.54, 1.807) is 6.07 Å². The number of carbonyl (C=O) groups excluding carboxylic acids is 2. The Balaban J connectivity index is 1.79. The maximum absolute atomic E-state index is 12.4. The van der Waals surface area contributed by atoms with Crippen molar-refractivity contribution in [2.24, 2.45) is 0 Å². The Morgan fingerprint density at radius 2 is 1.91 bits per heavy atom. The fourth-order valence-corrected chi connectivity index (χ4v) is 2.93. The molecule has 4 nitrogen and oxygen atoms in total. The maximum atomic E-state index is 12.4. The number of nitrogens with one attached hydrogen (secondary N) is 2. The zero-order valence-corrected chi connectivity index (χ0v) is 13.3. The van der Waals surface area contributed by atoms with E-state index < -0.39 is 0 Å². The van der Waals surface area contributed by atoms with Gasteiger partial charge in [-0.05, 0) is 29.3 Å². The fourth-order valence-electron chi connectivity index (χ4n) is 2.93. The molecule has 2 aromatic rings. The Kier molecular flexibility index (Phi) is 3.90. The third kappa shape index (κ3) is 3.26. The second-order valence-corrected chi connectivity index (χ2v) is 6.54. The van der Waals surface area contributed by atoms with E-state index in [0.717, 1.165) is 16.8 Å². The van der Waals surface area contributed by atoms with Gasteiger partial charge in [0.1, 0.15) is 0 Å². The number of rotatable bonds is 3. The molecule has 0 saturated heterocycles. The summed E-state index contributed by atoms with van der Waals surface area (Å²) in [5.74, 6) is -0.0897. The highest BCUT2D eigenvalue weighted by molar-refractivity contribution is 5.98. The van der Waals surface area contributed by atoms with E-state index in [2.05, 4.69) is 10.6 Å². The van der Waals surface area contributed by atoms with Crippen LogP contribution in [-0.4, -0.2) is 11.8 Å². The standard InChI is InChI=1S/C19H20N2O2/c1-19(2)11-17(22)21-16-9-8-14(10-15(16)19)18(23)20-12-13-6-4-3-5-7-13/h3-10H,11-12H2,1-2H3,(H,20,23)(H,21,22). The summed E-state index contributed by atoms with van der Waals surface area (Å²) >= 11 is 0. The molecule has 0 radical (unpaired) electrons. The first kappa shape index (κ1) is 15.3. The molecule has 23 heavy (non-hydrogen) atoms. The number of fused-ring (bicyclic) bond motifs is 1. The van der Waals surface area contributed by atoms with Crippen molar-refractivity contribution in [3.8, 4) is 0 Å². The number of hydrogen-bond acceptors (Lipinski definition) is 2. The number of hydrogen-bond donors (Lipinski definition) is 2. The summed E-state index contributed by atoms with van der Waals surface area (Å²) in [7, 11) is 0. The molecule has 0 bridgehead atoms. The van der Waals surface area contributed by atoms with Crippen molar-refractivity contribution >= 4 is 17.5 Å². The van der Waals surface area contributed by atoms with Gasteiger partial charge in [0.2, 0.25) is 5.91 Å². The van der Waals surface area contributed by atoms with Crippen LogP contribution in [0.3, 0.4) is 0 Å². The Morgan fingerprint density at radius 3 is 2.65 bits per heavy atom. The molecule has 0 saturated carbocycles. The van der Waals surface area contributed by atoms with Gasteiger partial charge in [-0.2, -0.15) is 0 Å². The van der Waals surface area contributed by atoms with Crippen molar-refractivity contribution in [3.05, 3.63) is 65.2 Å². The minimum Gasteiger partial charge on any atom is -0.348 e. The molecule has 2 N–H and O–H groups in total. The molecule has 0 fully saturated rings. The summed E-state index contributed by atoms with van der Waals surface area (Å²) < 4.78 is 0. The summed E-state index contributed by atoms with van der Waals surface area (Å²) in [5.41, 5.74) is 3.21. The fraction of sp³-hybridized carbons (Fsp3) is 0.263. The first-order valence-corrected chi connectivity index (χ1v) is 7.72. The van der Waals surface area contributed by atoms with E-state index in [-0.39, 0.29) is 17.2 Å². The second-order valence-electron chi connectivity index (χ2n) is 6.54. The summed E-state index contributed by atoms with van der Waals surface area (Å²) in [6, 6.07) is 15.3. The van der Waals surface area contributed by atoms with Crippen LogP contribution in [0.5, 0.6) is 0 Å². The molecule has 0 aliphatic carbocycles. The Labute approximate surface area is 135 Å². The molecular weight excluding hydrogens is 288 g/mol. The monoisotopic (exact) mass is 308 g/mol. The van der Waals surface area contributed by atoms with E-state index in [4.69, 9.17) is 0 Å². The normalized spacial score (nSPS) is 15.5. The molecule has 1 aliphatic rings. The smallest absolute Gasteiger partial charge is 0.251 e. The van der Waals surface area contributed by atoms with Crippen molar-refractivity contribution in [2.75, 3.05) is 5.32 Å². The lowest BCUT2D eigenvalue weighted by molar-refractivity contribution is -0.117. The lowest BCUT2D eigenvalue weighted by Crippen LogP contribution is -2.33. The van der Waals surface area contributed by atoms with Crippen LogP contribution in [0.25, 0.3) is 0 Å². The average molecular weight is 308 g/mol. The van der Waals surface area contributed by atoms with Gasteiger partial charge in [-0.3, -0.25) is 9.59 Å². The van der Waals surface area contributed by atoms with Crippen molar-refractivity contribution in [1.82, 2.24) is 5.32 Å². The lowest BCUT2D eigenvalue weighted by atomic mass is 9.77. The SMILES string of the molecule is CC1(C)CC(=O)Nc2ccc(C(=O)NCc3ccccc3)cc21. The van der Waals surface area contributed by atoms with Crippen molar-refractivity contribution in [1.29, 1.82) is 0 Å². The van der Waals surface area contributed by atoms with Gasteiger partial charge in [-0.1, -0.05) is 44.2 Å². The molecule has 0 unspecified atom stereocenters. The molecule has 0 aromatic heterocycles. The van der Waals surface area contributed by atoms with Gasteiger partial charge >= 0.3 is 0 Å². The van der Waals surface area contributed by atoms with Gasteiger partial charge in [0.15, 0.2) is 0 Å². The minimum absolute atomic E-state index is 0.0174. The first-order valence-electron chi connectivity index (χ1n) is 7.72. The number of carbonyl (C=O) groups is 2. The Hall–Kier alpha value is -2.62. The highest BCUT2D eigenvalue weighted by Gasteiger charge is 2.32. The van der Waals surface area contributed by atoms with E-state index >= 15 is 0 Å². The van der Waals surface area contributed by atoms with Crippen molar-refractivity contribution in [2.45, 2.75) is 32.2 Å². The summed E-state index contributed by atoms with van der Waals surface area (Å²) in [6.45, 7) is 4.54. The van der Waals surface area contributed by atoms with Gasteiger partial charge in [0, 0.05) is 29.6 Å². The lowest BCUT2D eigenvalue weighted by Gasteiger charge is -2.32. The number of amides is 2.